The molecular weight excluding hydrogens is 323 g/mol. The van der Waals surface area contributed by atoms with Crippen molar-refractivity contribution >= 4 is 38.4 Å². The molecule has 0 saturated heterocycles. The van der Waals surface area contributed by atoms with E-state index in [-0.39, 0.29) is 5.56 Å². The third-order valence-corrected chi connectivity index (χ3v) is 3.66. The van der Waals surface area contributed by atoms with Gasteiger partial charge in [0.15, 0.2) is 0 Å². The SMILES string of the molecule is O=C(Nc1ccc2[nH]ccc2c1)c1c(F)cccc1Br. The van der Waals surface area contributed by atoms with Crippen LogP contribution in [0.2, 0.25) is 0 Å². The Morgan fingerprint density at radius 1 is 1.20 bits per heavy atom. The van der Waals surface area contributed by atoms with Crippen molar-refractivity contribution in [2.75, 3.05) is 5.32 Å². The van der Waals surface area contributed by atoms with Crippen LogP contribution < -0.4 is 5.32 Å². The van der Waals surface area contributed by atoms with Crippen LogP contribution in [0.1, 0.15) is 10.4 Å². The van der Waals surface area contributed by atoms with Crippen LogP contribution in [0.4, 0.5) is 10.1 Å². The summed E-state index contributed by atoms with van der Waals surface area (Å²) >= 11 is 3.19. The van der Waals surface area contributed by atoms with Gasteiger partial charge in [-0.3, -0.25) is 4.79 Å². The quantitative estimate of drug-likeness (QED) is 0.721. The van der Waals surface area contributed by atoms with Crippen LogP contribution in [0.3, 0.4) is 0 Å². The first-order valence-electron chi connectivity index (χ1n) is 5.97. The number of aromatic amines is 1. The summed E-state index contributed by atoms with van der Waals surface area (Å²) in [5, 5.41) is 3.68. The number of fused-ring (bicyclic) bond motifs is 1. The maximum absolute atomic E-state index is 13.7. The van der Waals surface area contributed by atoms with Crippen molar-refractivity contribution in [1.82, 2.24) is 4.98 Å². The molecule has 0 radical (unpaired) electrons. The molecule has 2 aromatic carbocycles. The molecule has 0 aliphatic carbocycles. The van der Waals surface area contributed by atoms with Crippen LogP contribution in [-0.2, 0) is 0 Å². The van der Waals surface area contributed by atoms with E-state index in [0.29, 0.717) is 10.2 Å². The molecule has 0 fully saturated rings. The lowest BCUT2D eigenvalue weighted by molar-refractivity contribution is 0.102. The molecule has 100 valence electrons. The van der Waals surface area contributed by atoms with E-state index in [0.717, 1.165) is 10.9 Å². The van der Waals surface area contributed by atoms with Crippen molar-refractivity contribution in [2.45, 2.75) is 0 Å². The number of hydrogen-bond donors (Lipinski definition) is 2. The summed E-state index contributed by atoms with van der Waals surface area (Å²) in [6.45, 7) is 0. The van der Waals surface area contributed by atoms with Crippen molar-refractivity contribution in [3.8, 4) is 0 Å². The topological polar surface area (TPSA) is 44.9 Å². The van der Waals surface area contributed by atoms with Crippen LogP contribution in [0.5, 0.6) is 0 Å². The fourth-order valence-electron chi connectivity index (χ4n) is 2.04. The van der Waals surface area contributed by atoms with Crippen molar-refractivity contribution in [1.29, 1.82) is 0 Å². The number of hydrogen-bond acceptors (Lipinski definition) is 1. The number of aromatic nitrogens is 1. The van der Waals surface area contributed by atoms with E-state index in [9.17, 15) is 9.18 Å². The molecule has 3 nitrogen and oxygen atoms in total. The Hall–Kier alpha value is -2.14. The first-order chi connectivity index (χ1) is 9.65. The van der Waals surface area contributed by atoms with Gasteiger partial charge in [0.2, 0.25) is 0 Å². The molecular formula is C15H10BrFN2O. The van der Waals surface area contributed by atoms with E-state index in [1.54, 1.807) is 18.2 Å². The number of amides is 1. The molecule has 0 aliphatic rings. The number of benzene rings is 2. The van der Waals surface area contributed by atoms with Gasteiger partial charge in [0.25, 0.3) is 5.91 Å². The molecule has 0 aliphatic heterocycles. The molecule has 20 heavy (non-hydrogen) atoms. The van der Waals surface area contributed by atoms with Crippen LogP contribution >= 0.6 is 15.9 Å². The molecule has 0 unspecified atom stereocenters. The number of halogens is 2. The van der Waals surface area contributed by atoms with Gasteiger partial charge < -0.3 is 10.3 Å². The fraction of sp³-hybridized carbons (Fsp3) is 0. The minimum absolute atomic E-state index is 0.00154. The van der Waals surface area contributed by atoms with Gasteiger partial charge in [-0.1, -0.05) is 6.07 Å². The zero-order chi connectivity index (χ0) is 14.1. The highest BCUT2D eigenvalue weighted by Gasteiger charge is 2.15. The summed E-state index contributed by atoms with van der Waals surface area (Å²) in [5.74, 6) is -1.04. The standard InChI is InChI=1S/C15H10BrFN2O/c16-11-2-1-3-12(17)14(11)15(20)19-10-4-5-13-9(8-10)6-7-18-13/h1-8,18H,(H,19,20). The fourth-order valence-corrected chi connectivity index (χ4v) is 2.56. The highest BCUT2D eigenvalue weighted by molar-refractivity contribution is 9.10. The van der Waals surface area contributed by atoms with Crippen LogP contribution in [-0.4, -0.2) is 10.9 Å². The van der Waals surface area contributed by atoms with Crippen LogP contribution in [0.25, 0.3) is 10.9 Å². The second kappa shape index (κ2) is 5.09. The maximum Gasteiger partial charge on any atom is 0.259 e. The van der Waals surface area contributed by atoms with Crippen molar-refractivity contribution < 1.29 is 9.18 Å². The average molecular weight is 333 g/mol. The van der Waals surface area contributed by atoms with E-state index in [2.05, 4.69) is 26.2 Å². The zero-order valence-corrected chi connectivity index (χ0v) is 11.9. The lowest BCUT2D eigenvalue weighted by Gasteiger charge is -2.08. The normalized spacial score (nSPS) is 10.7. The Balaban J connectivity index is 1.92. The number of carbonyl (C=O) groups excluding carboxylic acids is 1. The van der Waals surface area contributed by atoms with E-state index >= 15 is 0 Å². The van der Waals surface area contributed by atoms with Gasteiger partial charge in [-0.15, -0.1) is 0 Å². The summed E-state index contributed by atoms with van der Waals surface area (Å²) in [7, 11) is 0. The molecule has 0 bridgehead atoms. The van der Waals surface area contributed by atoms with E-state index in [1.165, 1.54) is 6.07 Å². The molecule has 5 heteroatoms. The van der Waals surface area contributed by atoms with Crippen LogP contribution in [0, 0.1) is 5.82 Å². The summed E-state index contributed by atoms with van der Waals surface area (Å²) in [6.07, 6.45) is 1.82. The highest BCUT2D eigenvalue weighted by Crippen LogP contribution is 2.22. The Labute approximate surface area is 122 Å². The lowest BCUT2D eigenvalue weighted by atomic mass is 10.2. The number of carbonyl (C=O) groups is 1. The van der Waals surface area contributed by atoms with E-state index < -0.39 is 11.7 Å². The second-order valence-electron chi connectivity index (χ2n) is 4.33. The Kier molecular flexibility index (Phi) is 3.28. The molecule has 2 N–H and O–H groups in total. The minimum atomic E-state index is -0.556. The van der Waals surface area contributed by atoms with Gasteiger partial charge >= 0.3 is 0 Å². The van der Waals surface area contributed by atoms with Gasteiger partial charge in [0.1, 0.15) is 5.82 Å². The van der Waals surface area contributed by atoms with Gasteiger partial charge in [-0.2, -0.15) is 0 Å². The van der Waals surface area contributed by atoms with Crippen molar-refractivity contribution in [3.63, 3.8) is 0 Å². The largest absolute Gasteiger partial charge is 0.361 e. The molecule has 1 amide bonds. The molecule has 0 atom stereocenters. The van der Waals surface area contributed by atoms with Crippen molar-refractivity contribution in [2.24, 2.45) is 0 Å². The Morgan fingerprint density at radius 2 is 2.05 bits per heavy atom. The molecule has 3 rings (SSSR count). The monoisotopic (exact) mass is 332 g/mol. The van der Waals surface area contributed by atoms with Gasteiger partial charge in [-0.05, 0) is 52.3 Å². The third-order valence-electron chi connectivity index (χ3n) is 3.00. The first-order valence-corrected chi connectivity index (χ1v) is 6.77. The molecule has 1 aromatic heterocycles. The second-order valence-corrected chi connectivity index (χ2v) is 5.18. The summed E-state index contributed by atoms with van der Waals surface area (Å²) in [4.78, 5) is 15.2. The van der Waals surface area contributed by atoms with E-state index in [1.807, 2.05) is 24.4 Å². The third kappa shape index (κ3) is 2.32. The number of nitrogens with one attached hydrogen (secondary N) is 2. The minimum Gasteiger partial charge on any atom is -0.361 e. The van der Waals surface area contributed by atoms with Crippen LogP contribution in [0.15, 0.2) is 53.1 Å². The summed E-state index contributed by atoms with van der Waals surface area (Å²) in [6, 6.07) is 11.8. The summed E-state index contributed by atoms with van der Waals surface area (Å²) < 4.78 is 14.1. The van der Waals surface area contributed by atoms with Crippen molar-refractivity contribution in [3.05, 3.63) is 64.5 Å². The Morgan fingerprint density at radius 3 is 2.85 bits per heavy atom. The van der Waals surface area contributed by atoms with Gasteiger partial charge in [0, 0.05) is 27.3 Å². The molecule has 0 spiro atoms. The maximum atomic E-state index is 13.7. The smallest absolute Gasteiger partial charge is 0.259 e. The molecule has 3 aromatic rings. The van der Waals surface area contributed by atoms with Gasteiger partial charge in [-0.25, -0.2) is 4.39 Å². The van der Waals surface area contributed by atoms with E-state index in [4.69, 9.17) is 0 Å². The lowest BCUT2D eigenvalue weighted by Crippen LogP contribution is -2.14. The number of rotatable bonds is 2. The first kappa shape index (κ1) is 12.9. The Bertz CT molecular complexity index is 777. The molecule has 0 saturated carbocycles. The predicted molar refractivity (Wildman–Crippen MR) is 80.4 cm³/mol. The highest BCUT2D eigenvalue weighted by atomic mass is 79.9. The number of H-pyrrole nitrogens is 1. The average Bonchev–Trinajstić information content (AvgIpc) is 2.85. The number of anilines is 1. The molecule has 1 heterocycles. The summed E-state index contributed by atoms with van der Waals surface area (Å²) in [5.41, 5.74) is 1.61. The van der Waals surface area contributed by atoms with Gasteiger partial charge in [0.05, 0.1) is 5.56 Å². The zero-order valence-electron chi connectivity index (χ0n) is 10.3. The predicted octanol–water partition coefficient (Wildman–Crippen LogP) is 4.32.